The molecular weight excluding hydrogens is 300 g/mol. The zero-order valence-electron chi connectivity index (χ0n) is 11.4. The van der Waals surface area contributed by atoms with Crippen LogP contribution in [0.2, 0.25) is 0 Å². The number of nitrogens with two attached hydrogens (primary N) is 2. The summed E-state index contributed by atoms with van der Waals surface area (Å²) in [6.45, 7) is 0. The third-order valence-electron chi connectivity index (χ3n) is 2.46. The second kappa shape index (κ2) is 11.9. The molecule has 20 heavy (non-hydrogen) atoms. The van der Waals surface area contributed by atoms with Crippen LogP contribution < -0.4 is 11.5 Å². The van der Waals surface area contributed by atoms with Gasteiger partial charge in [-0.1, -0.05) is 6.42 Å². The molecule has 0 aromatic rings. The van der Waals surface area contributed by atoms with E-state index in [2.05, 4.69) is 0 Å². The lowest BCUT2D eigenvalue weighted by molar-refractivity contribution is -0.137. The smallest absolute Gasteiger partial charge is 0.303 e. The second-order valence-corrected chi connectivity index (χ2v) is 6.74. The van der Waals surface area contributed by atoms with Gasteiger partial charge in [-0.05, 0) is 25.0 Å². The fourth-order valence-electron chi connectivity index (χ4n) is 1.55. The molecule has 0 saturated heterocycles. The van der Waals surface area contributed by atoms with Crippen molar-refractivity contribution in [2.24, 2.45) is 11.5 Å². The maximum atomic E-state index is 10.8. The molecule has 0 aliphatic carbocycles. The number of carbonyl (C=O) groups is 3. The number of amides is 2. The Balaban J connectivity index is 3.90. The average molecular weight is 322 g/mol. The Morgan fingerprint density at radius 1 is 1.00 bits per heavy atom. The van der Waals surface area contributed by atoms with Crippen molar-refractivity contribution in [3.05, 3.63) is 0 Å². The molecule has 6 nitrogen and oxygen atoms in total. The fraction of sp³-hybridized carbons (Fsp3) is 0.750. The Labute approximate surface area is 127 Å². The lowest BCUT2D eigenvalue weighted by Crippen LogP contribution is -2.17. The van der Waals surface area contributed by atoms with Gasteiger partial charge in [-0.2, -0.15) is 11.8 Å². The van der Waals surface area contributed by atoms with Crippen LogP contribution in [0, 0.1) is 0 Å². The van der Waals surface area contributed by atoms with Crippen LogP contribution in [-0.4, -0.2) is 45.4 Å². The number of carboxylic acids is 1. The summed E-state index contributed by atoms with van der Waals surface area (Å²) in [5.41, 5.74) is 10.2. The minimum absolute atomic E-state index is 0.170. The molecule has 5 N–H and O–H groups in total. The first-order valence-electron chi connectivity index (χ1n) is 6.39. The first-order valence-corrected chi connectivity index (χ1v) is 8.60. The number of hydrogen-bond donors (Lipinski definition) is 3. The van der Waals surface area contributed by atoms with Crippen LogP contribution in [0.4, 0.5) is 0 Å². The van der Waals surface area contributed by atoms with Crippen molar-refractivity contribution in [1.29, 1.82) is 0 Å². The fourth-order valence-corrected chi connectivity index (χ4v) is 3.51. The highest BCUT2D eigenvalue weighted by molar-refractivity contribution is 8.01. The highest BCUT2D eigenvalue weighted by atomic mass is 32.2. The summed E-state index contributed by atoms with van der Waals surface area (Å²) in [7, 11) is 0. The van der Waals surface area contributed by atoms with Crippen LogP contribution in [0.25, 0.3) is 0 Å². The summed E-state index contributed by atoms with van der Waals surface area (Å²) in [6, 6.07) is 0. The third-order valence-corrected chi connectivity index (χ3v) is 4.86. The van der Waals surface area contributed by atoms with Crippen molar-refractivity contribution >= 4 is 41.3 Å². The van der Waals surface area contributed by atoms with Crippen LogP contribution in [0.15, 0.2) is 0 Å². The third kappa shape index (κ3) is 13.5. The molecule has 2 amide bonds. The lowest BCUT2D eigenvalue weighted by atomic mass is 10.1. The van der Waals surface area contributed by atoms with Gasteiger partial charge in [0.05, 0.1) is 11.5 Å². The van der Waals surface area contributed by atoms with Crippen LogP contribution in [0.3, 0.4) is 0 Å². The Kier molecular flexibility index (Phi) is 11.4. The number of aliphatic carboxylic acids is 1. The van der Waals surface area contributed by atoms with Gasteiger partial charge in [0.25, 0.3) is 0 Å². The van der Waals surface area contributed by atoms with E-state index in [1.165, 1.54) is 23.5 Å². The number of rotatable bonds is 13. The maximum Gasteiger partial charge on any atom is 0.303 e. The van der Waals surface area contributed by atoms with E-state index in [9.17, 15) is 14.4 Å². The van der Waals surface area contributed by atoms with Crippen molar-refractivity contribution in [2.75, 3.05) is 17.3 Å². The van der Waals surface area contributed by atoms with Gasteiger partial charge in [0, 0.05) is 11.7 Å². The number of unbranched alkanes of at least 4 members (excludes halogenated alkanes) is 1. The van der Waals surface area contributed by atoms with E-state index in [1.807, 2.05) is 0 Å². The van der Waals surface area contributed by atoms with Crippen molar-refractivity contribution < 1.29 is 19.5 Å². The van der Waals surface area contributed by atoms with Crippen LogP contribution in [0.1, 0.15) is 32.1 Å². The molecule has 1 unspecified atom stereocenters. The first-order chi connectivity index (χ1) is 9.41. The van der Waals surface area contributed by atoms with E-state index in [-0.39, 0.29) is 29.2 Å². The predicted octanol–water partition coefficient (Wildman–Crippen LogP) is 0.827. The molecule has 0 rings (SSSR count). The normalized spacial score (nSPS) is 12.0. The molecule has 8 heteroatoms. The topological polar surface area (TPSA) is 123 Å². The van der Waals surface area contributed by atoms with Gasteiger partial charge in [0.1, 0.15) is 0 Å². The van der Waals surface area contributed by atoms with E-state index in [0.717, 1.165) is 25.0 Å². The molecule has 0 aliphatic rings. The van der Waals surface area contributed by atoms with Gasteiger partial charge in [-0.25, -0.2) is 0 Å². The largest absolute Gasteiger partial charge is 0.481 e. The summed E-state index contributed by atoms with van der Waals surface area (Å²) in [5, 5.41) is 8.83. The molecule has 1 atom stereocenters. The van der Waals surface area contributed by atoms with E-state index in [4.69, 9.17) is 16.6 Å². The molecule has 0 spiro atoms. The highest BCUT2D eigenvalue weighted by Crippen LogP contribution is 2.23. The van der Waals surface area contributed by atoms with Crippen LogP contribution in [0.5, 0.6) is 0 Å². The molecule has 0 bridgehead atoms. The molecule has 0 heterocycles. The van der Waals surface area contributed by atoms with Gasteiger partial charge >= 0.3 is 5.97 Å². The SMILES string of the molecule is NC(=O)CSCCC(CCCCC(=O)O)SCC(N)=O. The van der Waals surface area contributed by atoms with Gasteiger partial charge in [0.2, 0.25) is 11.8 Å². The molecule has 0 radical (unpaired) electrons. The molecule has 0 aromatic heterocycles. The van der Waals surface area contributed by atoms with Gasteiger partial charge in [-0.15, -0.1) is 11.8 Å². The zero-order valence-corrected chi connectivity index (χ0v) is 13.0. The second-order valence-electron chi connectivity index (χ2n) is 4.35. The van der Waals surface area contributed by atoms with Gasteiger partial charge < -0.3 is 16.6 Å². The number of carboxylic acid groups (broad SMARTS) is 1. The molecule has 0 saturated carbocycles. The molecule has 116 valence electrons. The Morgan fingerprint density at radius 3 is 2.20 bits per heavy atom. The number of thioether (sulfide) groups is 2. The Bertz CT molecular complexity index is 305. The minimum Gasteiger partial charge on any atom is -0.481 e. The van der Waals surface area contributed by atoms with E-state index in [1.54, 1.807) is 0 Å². The zero-order chi connectivity index (χ0) is 15.4. The highest BCUT2D eigenvalue weighted by Gasteiger charge is 2.11. The van der Waals surface area contributed by atoms with Crippen molar-refractivity contribution in [3.63, 3.8) is 0 Å². The molecule has 0 aliphatic heterocycles. The minimum atomic E-state index is -0.789. The number of hydrogen-bond acceptors (Lipinski definition) is 5. The first kappa shape index (κ1) is 19.1. The summed E-state index contributed by atoms with van der Waals surface area (Å²) >= 11 is 2.97. The quantitative estimate of drug-likeness (QED) is 0.431. The maximum absolute atomic E-state index is 10.8. The van der Waals surface area contributed by atoms with E-state index >= 15 is 0 Å². The van der Waals surface area contributed by atoms with E-state index < -0.39 is 5.97 Å². The molecular formula is C12H22N2O4S2. The van der Waals surface area contributed by atoms with Crippen molar-refractivity contribution in [1.82, 2.24) is 0 Å². The van der Waals surface area contributed by atoms with Crippen LogP contribution >= 0.6 is 23.5 Å². The van der Waals surface area contributed by atoms with Gasteiger partial charge in [0.15, 0.2) is 0 Å². The van der Waals surface area contributed by atoms with Crippen molar-refractivity contribution in [2.45, 2.75) is 37.4 Å². The van der Waals surface area contributed by atoms with Crippen LogP contribution in [-0.2, 0) is 14.4 Å². The Hall–Kier alpha value is -0.890. The standard InChI is InChI=1S/C12H22N2O4S2/c13-10(15)7-19-6-5-9(20-8-11(14)16)3-1-2-4-12(17)18/h9H,1-8H2,(H2,13,15)(H2,14,16)(H,17,18). The summed E-state index contributed by atoms with van der Waals surface area (Å²) in [5.74, 6) is -0.120. The van der Waals surface area contributed by atoms with Crippen molar-refractivity contribution in [3.8, 4) is 0 Å². The average Bonchev–Trinajstić information content (AvgIpc) is 2.34. The molecule has 0 fully saturated rings. The predicted molar refractivity (Wildman–Crippen MR) is 82.7 cm³/mol. The summed E-state index contributed by atoms with van der Waals surface area (Å²) in [4.78, 5) is 31.8. The van der Waals surface area contributed by atoms with E-state index in [0.29, 0.717) is 12.2 Å². The number of carbonyl (C=O) groups excluding carboxylic acids is 2. The Morgan fingerprint density at radius 2 is 1.65 bits per heavy atom. The summed E-state index contributed by atoms with van der Waals surface area (Å²) in [6.07, 6.45) is 3.32. The lowest BCUT2D eigenvalue weighted by Gasteiger charge is -2.15. The molecule has 0 aromatic carbocycles. The summed E-state index contributed by atoms with van der Waals surface area (Å²) < 4.78 is 0. The van der Waals surface area contributed by atoms with Gasteiger partial charge in [-0.3, -0.25) is 14.4 Å². The monoisotopic (exact) mass is 322 g/mol. The number of primary amides is 2.